The van der Waals surface area contributed by atoms with Crippen LogP contribution in [0.5, 0.6) is 0 Å². The van der Waals surface area contributed by atoms with Crippen molar-refractivity contribution in [1.82, 2.24) is 0 Å². The summed E-state index contributed by atoms with van der Waals surface area (Å²) in [5.41, 5.74) is 0. The number of quaternary nitrogens is 1. The lowest BCUT2D eigenvalue weighted by molar-refractivity contribution is -0.870. The first-order valence-corrected chi connectivity index (χ1v) is 24.1. The molecule has 0 aliphatic carbocycles. The predicted octanol–water partition coefficient (Wildman–Crippen LogP) is 12.7. The summed E-state index contributed by atoms with van der Waals surface area (Å²) in [7, 11) is 1.47. The fraction of sp³-hybridized carbons (Fsp3) is 0.867. The Hall–Kier alpha value is -1.51. The van der Waals surface area contributed by atoms with Gasteiger partial charge in [0, 0.05) is 12.8 Å². The van der Waals surface area contributed by atoms with Gasteiger partial charge in [0.2, 0.25) is 0 Å². The highest BCUT2D eigenvalue weighted by molar-refractivity contribution is 7.47. The van der Waals surface area contributed by atoms with Crippen LogP contribution >= 0.6 is 7.82 Å². The maximum absolute atomic E-state index is 12.7. The maximum Gasteiger partial charge on any atom is 0.472 e. The number of esters is 2. The van der Waals surface area contributed by atoms with Crippen LogP contribution in [0.25, 0.3) is 0 Å². The smallest absolute Gasteiger partial charge is 0.462 e. The largest absolute Gasteiger partial charge is 0.472 e. The van der Waals surface area contributed by atoms with Crippen molar-refractivity contribution in [3.63, 3.8) is 0 Å². The number of carbonyl (C=O) groups excluding carboxylic acids is 2. The van der Waals surface area contributed by atoms with Crippen molar-refractivity contribution < 1.29 is 42.1 Å². The molecule has 2 unspecified atom stereocenters. The average molecular weight is 801 g/mol. The van der Waals surface area contributed by atoms with Crippen LogP contribution in [-0.4, -0.2) is 74.9 Å². The summed E-state index contributed by atoms with van der Waals surface area (Å²) in [4.78, 5) is 35.4. The Morgan fingerprint density at radius 1 is 0.545 bits per heavy atom. The minimum atomic E-state index is -4.37. The molecule has 0 fully saturated rings. The minimum Gasteiger partial charge on any atom is -0.462 e. The topological polar surface area (TPSA) is 108 Å². The maximum atomic E-state index is 12.7. The van der Waals surface area contributed by atoms with E-state index in [1.54, 1.807) is 0 Å². The van der Waals surface area contributed by atoms with Gasteiger partial charge in [-0.05, 0) is 64.2 Å². The monoisotopic (exact) mass is 801 g/mol. The molecule has 55 heavy (non-hydrogen) atoms. The molecule has 2 atom stereocenters. The van der Waals surface area contributed by atoms with E-state index in [1.165, 1.54) is 103 Å². The Kier molecular flexibility index (Phi) is 37.0. The second kappa shape index (κ2) is 38.0. The summed E-state index contributed by atoms with van der Waals surface area (Å²) in [6, 6.07) is 0. The highest BCUT2D eigenvalue weighted by Crippen LogP contribution is 2.43. The van der Waals surface area contributed by atoms with E-state index in [4.69, 9.17) is 18.5 Å². The fourth-order valence-electron chi connectivity index (χ4n) is 6.12. The van der Waals surface area contributed by atoms with Gasteiger partial charge in [-0.15, -0.1) is 0 Å². The number of nitrogens with zero attached hydrogens (tertiary/aromatic N) is 1. The lowest BCUT2D eigenvalue weighted by Gasteiger charge is -2.24. The minimum absolute atomic E-state index is 0.0307. The first-order chi connectivity index (χ1) is 26.5. The molecule has 0 aromatic carbocycles. The molecule has 0 aromatic heterocycles. The number of allylic oxidation sites excluding steroid dienone is 4. The van der Waals surface area contributed by atoms with E-state index in [0.717, 1.165) is 64.2 Å². The van der Waals surface area contributed by atoms with Crippen molar-refractivity contribution in [3.8, 4) is 0 Å². The number of carbonyl (C=O) groups is 2. The van der Waals surface area contributed by atoms with E-state index in [-0.39, 0.29) is 32.0 Å². The van der Waals surface area contributed by atoms with Gasteiger partial charge >= 0.3 is 19.8 Å². The third-order valence-corrected chi connectivity index (χ3v) is 10.7. The third kappa shape index (κ3) is 41.9. The highest BCUT2D eigenvalue weighted by Gasteiger charge is 2.27. The molecule has 10 heteroatoms. The Bertz CT molecular complexity index is 996. The quantitative estimate of drug-likeness (QED) is 0.0214. The molecule has 0 amide bonds. The van der Waals surface area contributed by atoms with Crippen molar-refractivity contribution in [2.45, 2.75) is 206 Å². The number of hydrogen-bond acceptors (Lipinski definition) is 7. The third-order valence-electron chi connectivity index (χ3n) is 9.70. The SMILES string of the molecule is CCCCCCC/C=C\CCCCCCCC(=O)OCC(COP(=O)(O)OCC[N+](C)(C)C)OC(=O)CCCCCCCCC/C=C\CCCCCCCC. The first kappa shape index (κ1) is 53.5. The van der Waals surface area contributed by atoms with Crippen LogP contribution < -0.4 is 0 Å². The van der Waals surface area contributed by atoms with Gasteiger partial charge in [0.25, 0.3) is 0 Å². The van der Waals surface area contributed by atoms with E-state index < -0.39 is 26.5 Å². The molecule has 0 aliphatic heterocycles. The molecule has 0 rings (SSSR count). The molecule has 0 aliphatic rings. The first-order valence-electron chi connectivity index (χ1n) is 22.6. The van der Waals surface area contributed by atoms with Gasteiger partial charge in [0.05, 0.1) is 27.7 Å². The van der Waals surface area contributed by atoms with Crippen LogP contribution in [0.1, 0.15) is 200 Å². The average Bonchev–Trinajstić information content (AvgIpc) is 3.13. The molecule has 1 N–H and O–H groups in total. The molecule has 0 heterocycles. The van der Waals surface area contributed by atoms with Gasteiger partial charge in [-0.1, -0.05) is 147 Å². The summed E-state index contributed by atoms with van der Waals surface area (Å²) in [6.45, 7) is 4.41. The number of ether oxygens (including phenoxy) is 2. The Morgan fingerprint density at radius 2 is 0.927 bits per heavy atom. The zero-order chi connectivity index (χ0) is 40.7. The highest BCUT2D eigenvalue weighted by atomic mass is 31.2. The summed E-state index contributed by atoms with van der Waals surface area (Å²) < 4.78 is 34.3. The van der Waals surface area contributed by atoms with E-state index in [2.05, 4.69) is 38.2 Å². The van der Waals surface area contributed by atoms with Crippen LogP contribution in [0.3, 0.4) is 0 Å². The molecular formula is C45H87NO8P+. The number of likely N-dealkylation sites (N-methyl/N-ethyl adjacent to an activating group) is 1. The normalized spacial score (nSPS) is 13.8. The summed E-state index contributed by atoms with van der Waals surface area (Å²) >= 11 is 0. The van der Waals surface area contributed by atoms with Crippen molar-refractivity contribution in [1.29, 1.82) is 0 Å². The van der Waals surface area contributed by atoms with Gasteiger partial charge in [0.1, 0.15) is 19.8 Å². The molecule has 0 radical (unpaired) electrons. The number of hydrogen-bond donors (Lipinski definition) is 1. The molecule has 0 saturated heterocycles. The molecule has 0 saturated carbocycles. The van der Waals surface area contributed by atoms with Crippen LogP contribution in [0.4, 0.5) is 0 Å². The standard InChI is InChI=1S/C45H86NO8P/c1-6-8-10-12-14-16-18-20-22-23-24-26-28-30-32-34-36-38-45(48)54-43(42-53-55(49,50)52-40-39-46(3,4)5)41-51-44(47)37-35-33-31-29-27-25-21-19-17-15-13-11-9-7-2/h19-22,43H,6-18,23-42H2,1-5H3/p+1/b21-19-,22-20-. The van der Waals surface area contributed by atoms with Gasteiger partial charge in [-0.3, -0.25) is 18.6 Å². The Balaban J connectivity index is 4.35. The van der Waals surface area contributed by atoms with Gasteiger partial charge in [0.15, 0.2) is 6.10 Å². The molecule has 324 valence electrons. The Labute approximate surface area is 339 Å². The van der Waals surface area contributed by atoms with Crippen LogP contribution in [0, 0.1) is 0 Å². The van der Waals surface area contributed by atoms with E-state index in [0.29, 0.717) is 17.4 Å². The van der Waals surface area contributed by atoms with Gasteiger partial charge < -0.3 is 18.9 Å². The van der Waals surface area contributed by atoms with E-state index in [1.807, 2.05) is 21.1 Å². The second-order valence-corrected chi connectivity index (χ2v) is 17.9. The molecule has 0 aromatic rings. The number of phosphoric acid groups is 1. The van der Waals surface area contributed by atoms with Crippen molar-refractivity contribution >= 4 is 19.8 Å². The molecular weight excluding hydrogens is 713 g/mol. The van der Waals surface area contributed by atoms with Crippen LogP contribution in [0.2, 0.25) is 0 Å². The predicted molar refractivity (Wildman–Crippen MR) is 229 cm³/mol. The number of phosphoric ester groups is 1. The number of unbranched alkanes of at least 4 members (excludes halogenated alkanes) is 23. The molecule has 9 nitrogen and oxygen atoms in total. The van der Waals surface area contributed by atoms with Crippen molar-refractivity contribution in [3.05, 3.63) is 24.3 Å². The summed E-state index contributed by atoms with van der Waals surface area (Å²) in [6.07, 6.45) is 40.7. The summed E-state index contributed by atoms with van der Waals surface area (Å²) in [5.74, 6) is -0.809. The van der Waals surface area contributed by atoms with Crippen molar-refractivity contribution in [2.75, 3.05) is 47.5 Å². The number of rotatable bonds is 41. The molecule has 0 bridgehead atoms. The van der Waals surface area contributed by atoms with Crippen molar-refractivity contribution in [2.24, 2.45) is 0 Å². The lowest BCUT2D eigenvalue weighted by Crippen LogP contribution is -2.37. The zero-order valence-electron chi connectivity index (χ0n) is 36.4. The fourth-order valence-corrected chi connectivity index (χ4v) is 6.86. The zero-order valence-corrected chi connectivity index (χ0v) is 37.3. The van der Waals surface area contributed by atoms with Crippen LogP contribution in [0.15, 0.2) is 24.3 Å². The Morgan fingerprint density at radius 3 is 1.35 bits per heavy atom. The second-order valence-electron chi connectivity index (χ2n) is 16.4. The van der Waals surface area contributed by atoms with E-state index >= 15 is 0 Å². The lowest BCUT2D eigenvalue weighted by atomic mass is 10.1. The van der Waals surface area contributed by atoms with E-state index in [9.17, 15) is 19.0 Å². The molecule has 0 spiro atoms. The summed E-state index contributed by atoms with van der Waals surface area (Å²) in [5, 5.41) is 0. The van der Waals surface area contributed by atoms with Gasteiger partial charge in [-0.25, -0.2) is 4.57 Å². The van der Waals surface area contributed by atoms with Crippen LogP contribution in [-0.2, 0) is 32.7 Å². The van der Waals surface area contributed by atoms with Gasteiger partial charge in [-0.2, -0.15) is 0 Å².